The van der Waals surface area contributed by atoms with E-state index in [9.17, 15) is 9.50 Å². The topological polar surface area (TPSA) is 32.7 Å². The number of ether oxygens (including phenoxy) is 1. The van der Waals surface area contributed by atoms with Crippen LogP contribution in [0.25, 0.3) is 0 Å². The van der Waals surface area contributed by atoms with E-state index in [0.29, 0.717) is 12.3 Å². The van der Waals surface area contributed by atoms with Gasteiger partial charge in [-0.3, -0.25) is 0 Å². The molecular weight excluding hydrogens is 245 g/mol. The molecule has 0 radical (unpaired) electrons. The van der Waals surface area contributed by atoms with Gasteiger partial charge in [0.2, 0.25) is 0 Å². The minimum atomic E-state index is -0.279. The second kappa shape index (κ2) is 5.61. The van der Waals surface area contributed by atoms with Gasteiger partial charge in [-0.2, -0.15) is 0 Å². The van der Waals surface area contributed by atoms with Gasteiger partial charge in [0.1, 0.15) is 17.3 Å². The van der Waals surface area contributed by atoms with Crippen LogP contribution < -0.4 is 9.64 Å². The molecular formula is C15H16FNO2. The molecule has 0 saturated carbocycles. The Morgan fingerprint density at radius 1 is 1.21 bits per heavy atom. The van der Waals surface area contributed by atoms with E-state index in [2.05, 4.69) is 0 Å². The molecule has 0 atom stereocenters. The second-order valence-electron chi connectivity index (χ2n) is 4.33. The first kappa shape index (κ1) is 13.2. The van der Waals surface area contributed by atoms with Crippen LogP contribution in [0, 0.1) is 5.82 Å². The van der Waals surface area contributed by atoms with Gasteiger partial charge in [0.25, 0.3) is 0 Å². The maximum absolute atomic E-state index is 13.2. The molecule has 19 heavy (non-hydrogen) atoms. The number of aromatic hydroxyl groups is 1. The quantitative estimate of drug-likeness (QED) is 0.917. The Kier molecular flexibility index (Phi) is 3.90. The Morgan fingerprint density at radius 3 is 2.68 bits per heavy atom. The number of phenolic OH excluding ortho intramolecular Hbond substituents is 1. The summed E-state index contributed by atoms with van der Waals surface area (Å²) in [6, 6.07) is 11.4. The zero-order valence-electron chi connectivity index (χ0n) is 10.9. The van der Waals surface area contributed by atoms with E-state index < -0.39 is 0 Å². The van der Waals surface area contributed by atoms with E-state index in [1.54, 1.807) is 31.4 Å². The van der Waals surface area contributed by atoms with Crippen LogP contribution in [-0.4, -0.2) is 19.3 Å². The molecule has 0 fully saturated rings. The number of rotatable bonds is 4. The van der Waals surface area contributed by atoms with Crippen LogP contribution in [0.1, 0.15) is 5.56 Å². The minimum Gasteiger partial charge on any atom is -0.508 e. The second-order valence-corrected chi connectivity index (χ2v) is 4.33. The van der Waals surface area contributed by atoms with E-state index in [1.165, 1.54) is 12.1 Å². The summed E-state index contributed by atoms with van der Waals surface area (Å²) < 4.78 is 18.3. The molecule has 0 unspecified atom stereocenters. The predicted molar refractivity (Wildman–Crippen MR) is 73.2 cm³/mol. The molecule has 0 spiro atoms. The zero-order chi connectivity index (χ0) is 13.8. The predicted octanol–water partition coefficient (Wildman–Crippen LogP) is 3.18. The third-order valence-corrected chi connectivity index (χ3v) is 2.94. The van der Waals surface area contributed by atoms with E-state index >= 15 is 0 Å². The highest BCUT2D eigenvalue weighted by molar-refractivity contribution is 5.48. The molecule has 0 bridgehead atoms. The third kappa shape index (κ3) is 3.16. The lowest BCUT2D eigenvalue weighted by atomic mass is 10.1. The molecule has 0 aromatic heterocycles. The molecule has 2 aromatic carbocycles. The number of halogens is 1. The van der Waals surface area contributed by atoms with Gasteiger partial charge in [0, 0.05) is 24.8 Å². The van der Waals surface area contributed by atoms with Crippen LogP contribution in [0.2, 0.25) is 0 Å². The fraction of sp³-hybridized carbons (Fsp3) is 0.200. The van der Waals surface area contributed by atoms with Crippen molar-refractivity contribution in [3.8, 4) is 11.5 Å². The maximum atomic E-state index is 13.2. The highest BCUT2D eigenvalue weighted by Gasteiger charge is 2.08. The maximum Gasteiger partial charge on any atom is 0.125 e. The van der Waals surface area contributed by atoms with Crippen LogP contribution in [0.4, 0.5) is 10.1 Å². The molecule has 4 heteroatoms. The molecule has 0 aliphatic rings. The van der Waals surface area contributed by atoms with Gasteiger partial charge in [-0.15, -0.1) is 0 Å². The normalized spacial score (nSPS) is 10.3. The summed E-state index contributed by atoms with van der Waals surface area (Å²) in [7, 11) is 3.42. The first-order valence-corrected chi connectivity index (χ1v) is 5.92. The SMILES string of the molecule is COc1ccc(O)c(CN(C)c2cccc(F)c2)c1. The summed E-state index contributed by atoms with van der Waals surface area (Å²) in [6.07, 6.45) is 0. The van der Waals surface area contributed by atoms with Gasteiger partial charge >= 0.3 is 0 Å². The Labute approximate surface area is 111 Å². The standard InChI is InChI=1S/C15H16FNO2/c1-17(13-5-3-4-12(16)9-13)10-11-8-14(19-2)6-7-15(11)18/h3-9,18H,10H2,1-2H3. The number of methoxy groups -OCH3 is 1. The Morgan fingerprint density at radius 2 is 2.00 bits per heavy atom. The smallest absolute Gasteiger partial charge is 0.125 e. The van der Waals surface area contributed by atoms with Crippen LogP contribution in [0.3, 0.4) is 0 Å². The van der Waals surface area contributed by atoms with E-state index in [-0.39, 0.29) is 11.6 Å². The summed E-state index contributed by atoms with van der Waals surface area (Å²) in [4.78, 5) is 1.86. The monoisotopic (exact) mass is 261 g/mol. The van der Waals surface area contributed by atoms with E-state index in [1.807, 2.05) is 18.0 Å². The number of hydrogen-bond donors (Lipinski definition) is 1. The summed E-state index contributed by atoms with van der Waals surface area (Å²) in [5, 5.41) is 9.82. The number of phenols is 1. The molecule has 0 aliphatic carbocycles. The van der Waals surface area contributed by atoms with Gasteiger partial charge in [-0.05, 0) is 36.4 Å². The number of anilines is 1. The van der Waals surface area contributed by atoms with Crippen LogP contribution in [-0.2, 0) is 6.54 Å². The van der Waals surface area contributed by atoms with E-state index in [0.717, 1.165) is 11.3 Å². The summed E-state index contributed by atoms with van der Waals surface area (Å²) in [6.45, 7) is 0.465. The van der Waals surface area contributed by atoms with Crippen molar-refractivity contribution >= 4 is 5.69 Å². The van der Waals surface area contributed by atoms with Crippen LogP contribution >= 0.6 is 0 Å². The zero-order valence-corrected chi connectivity index (χ0v) is 10.9. The molecule has 1 N–H and O–H groups in total. The molecule has 0 saturated heterocycles. The van der Waals surface area contributed by atoms with Crippen molar-refractivity contribution in [3.63, 3.8) is 0 Å². The van der Waals surface area contributed by atoms with Crippen LogP contribution in [0.5, 0.6) is 11.5 Å². The fourth-order valence-electron chi connectivity index (χ4n) is 1.88. The van der Waals surface area contributed by atoms with Gasteiger partial charge in [-0.1, -0.05) is 6.07 Å². The Balaban J connectivity index is 2.21. The molecule has 0 amide bonds. The fourth-order valence-corrected chi connectivity index (χ4v) is 1.88. The molecule has 3 nitrogen and oxygen atoms in total. The Bertz CT molecular complexity index is 572. The third-order valence-electron chi connectivity index (χ3n) is 2.94. The van der Waals surface area contributed by atoms with Crippen molar-refractivity contribution < 1.29 is 14.2 Å². The van der Waals surface area contributed by atoms with E-state index in [4.69, 9.17) is 4.74 Å². The minimum absolute atomic E-state index is 0.198. The van der Waals surface area contributed by atoms with Crippen molar-refractivity contribution in [2.24, 2.45) is 0 Å². The molecule has 100 valence electrons. The number of benzene rings is 2. The van der Waals surface area contributed by atoms with Crippen molar-refractivity contribution in [1.29, 1.82) is 0 Å². The highest BCUT2D eigenvalue weighted by Crippen LogP contribution is 2.25. The largest absolute Gasteiger partial charge is 0.508 e. The van der Waals surface area contributed by atoms with Crippen molar-refractivity contribution in [3.05, 3.63) is 53.8 Å². The molecule has 0 aliphatic heterocycles. The molecule has 2 aromatic rings. The van der Waals surface area contributed by atoms with Gasteiger partial charge in [-0.25, -0.2) is 4.39 Å². The van der Waals surface area contributed by atoms with Gasteiger partial charge in [0.15, 0.2) is 0 Å². The molecule has 0 heterocycles. The van der Waals surface area contributed by atoms with Gasteiger partial charge < -0.3 is 14.7 Å². The van der Waals surface area contributed by atoms with Crippen molar-refractivity contribution in [2.45, 2.75) is 6.54 Å². The number of hydrogen-bond acceptors (Lipinski definition) is 3. The average Bonchev–Trinajstić information content (AvgIpc) is 2.41. The number of nitrogens with zero attached hydrogens (tertiary/aromatic N) is 1. The van der Waals surface area contributed by atoms with Gasteiger partial charge in [0.05, 0.1) is 7.11 Å². The summed E-state index contributed by atoms with van der Waals surface area (Å²) in [5.41, 5.74) is 1.48. The van der Waals surface area contributed by atoms with Crippen LogP contribution in [0.15, 0.2) is 42.5 Å². The lowest BCUT2D eigenvalue weighted by Gasteiger charge is -2.20. The van der Waals surface area contributed by atoms with Crippen molar-refractivity contribution in [1.82, 2.24) is 0 Å². The average molecular weight is 261 g/mol. The summed E-state index contributed by atoms with van der Waals surface area (Å²) in [5.74, 6) is 0.601. The Hall–Kier alpha value is -2.23. The van der Waals surface area contributed by atoms with Crippen molar-refractivity contribution in [2.75, 3.05) is 19.1 Å². The lowest BCUT2D eigenvalue weighted by molar-refractivity contribution is 0.410. The summed E-state index contributed by atoms with van der Waals surface area (Å²) >= 11 is 0. The first-order chi connectivity index (χ1) is 9.10. The lowest BCUT2D eigenvalue weighted by Crippen LogP contribution is -2.16. The molecule has 2 rings (SSSR count). The first-order valence-electron chi connectivity index (χ1n) is 5.92. The highest BCUT2D eigenvalue weighted by atomic mass is 19.1.